The van der Waals surface area contributed by atoms with Crippen molar-refractivity contribution in [1.82, 2.24) is 15.2 Å². The van der Waals surface area contributed by atoms with E-state index < -0.39 is 12.1 Å². The van der Waals surface area contributed by atoms with E-state index in [1.807, 2.05) is 0 Å². The molecule has 1 N–H and O–H groups in total. The third-order valence-corrected chi connectivity index (χ3v) is 3.04. The minimum absolute atomic E-state index is 0.264. The van der Waals surface area contributed by atoms with E-state index in [2.05, 4.69) is 24.9 Å². The van der Waals surface area contributed by atoms with Crippen molar-refractivity contribution in [3.05, 3.63) is 60.0 Å². The van der Waals surface area contributed by atoms with Crippen LogP contribution in [-0.2, 0) is 12.7 Å². The van der Waals surface area contributed by atoms with E-state index in [1.54, 1.807) is 18.2 Å². The van der Waals surface area contributed by atoms with Gasteiger partial charge in [0.2, 0.25) is 5.89 Å². The number of rotatable bonds is 4. The summed E-state index contributed by atoms with van der Waals surface area (Å²) in [5.74, 6) is -2.03. The Balaban J connectivity index is 1.68. The number of alkyl halides is 3. The van der Waals surface area contributed by atoms with Crippen molar-refractivity contribution >= 4 is 5.69 Å². The Morgan fingerprint density at radius 2 is 1.92 bits per heavy atom. The molecule has 0 aliphatic carbocycles. The monoisotopic (exact) mass is 338 g/mol. The second-order valence-corrected chi connectivity index (χ2v) is 4.81. The van der Waals surface area contributed by atoms with Gasteiger partial charge in [0.25, 0.3) is 0 Å². The molecule has 0 unspecified atom stereocenters. The van der Waals surface area contributed by atoms with Crippen LogP contribution < -0.4 is 5.32 Å². The first kappa shape index (κ1) is 15.9. The van der Waals surface area contributed by atoms with Gasteiger partial charge >= 0.3 is 12.1 Å². The topological polar surface area (TPSA) is 63.8 Å². The van der Waals surface area contributed by atoms with Gasteiger partial charge in [0.1, 0.15) is 5.82 Å². The molecule has 0 bridgehead atoms. The molecule has 9 heteroatoms. The van der Waals surface area contributed by atoms with Gasteiger partial charge in [-0.05, 0) is 30.3 Å². The zero-order valence-electron chi connectivity index (χ0n) is 12.0. The van der Waals surface area contributed by atoms with Gasteiger partial charge in [0.15, 0.2) is 0 Å². The average molecular weight is 338 g/mol. The Kier molecular flexibility index (Phi) is 4.15. The van der Waals surface area contributed by atoms with Crippen LogP contribution in [0.15, 0.2) is 47.0 Å². The van der Waals surface area contributed by atoms with Crippen LogP contribution >= 0.6 is 0 Å². The maximum absolute atomic E-state index is 13.1. The lowest BCUT2D eigenvalue weighted by atomic mass is 10.2. The van der Waals surface area contributed by atoms with Crippen LogP contribution in [0, 0.1) is 5.82 Å². The maximum Gasteiger partial charge on any atom is 0.470 e. The van der Waals surface area contributed by atoms with Gasteiger partial charge < -0.3 is 9.73 Å². The molecule has 0 spiro atoms. The van der Waals surface area contributed by atoms with Gasteiger partial charge in [0.05, 0.1) is 17.8 Å². The first-order valence-corrected chi connectivity index (χ1v) is 6.77. The SMILES string of the molecule is Fc1cccc(NCc2ccc(-c3nnc(C(F)(F)F)o3)cn2)c1. The van der Waals surface area contributed by atoms with Crippen LogP contribution in [0.4, 0.5) is 23.2 Å². The van der Waals surface area contributed by atoms with Crippen molar-refractivity contribution in [2.45, 2.75) is 12.7 Å². The zero-order valence-corrected chi connectivity index (χ0v) is 12.0. The summed E-state index contributed by atoms with van der Waals surface area (Å²) in [6.07, 6.45) is -3.36. The first-order chi connectivity index (χ1) is 11.4. The molecule has 0 fully saturated rings. The fourth-order valence-electron chi connectivity index (χ4n) is 1.90. The molecule has 3 aromatic rings. The largest absolute Gasteiger partial charge is 0.470 e. The molecule has 24 heavy (non-hydrogen) atoms. The van der Waals surface area contributed by atoms with E-state index in [1.165, 1.54) is 24.4 Å². The van der Waals surface area contributed by atoms with Gasteiger partial charge in [-0.15, -0.1) is 10.2 Å². The lowest BCUT2D eigenvalue weighted by Gasteiger charge is -2.06. The fourth-order valence-corrected chi connectivity index (χ4v) is 1.90. The molecule has 0 aliphatic rings. The van der Waals surface area contributed by atoms with Crippen molar-refractivity contribution in [2.75, 3.05) is 5.32 Å². The average Bonchev–Trinajstić information content (AvgIpc) is 3.04. The number of benzene rings is 1. The molecule has 0 saturated carbocycles. The molecule has 124 valence electrons. The van der Waals surface area contributed by atoms with Crippen LogP contribution in [0.2, 0.25) is 0 Å². The van der Waals surface area contributed by atoms with Crippen LogP contribution in [0.25, 0.3) is 11.5 Å². The molecule has 0 atom stereocenters. The second kappa shape index (κ2) is 6.26. The molecule has 2 aromatic heterocycles. The van der Waals surface area contributed by atoms with Gasteiger partial charge in [-0.3, -0.25) is 4.98 Å². The Hall–Kier alpha value is -2.97. The molecule has 1 aromatic carbocycles. The van der Waals surface area contributed by atoms with Crippen LogP contribution in [0.3, 0.4) is 0 Å². The minimum atomic E-state index is -4.69. The fraction of sp³-hybridized carbons (Fsp3) is 0.133. The zero-order chi connectivity index (χ0) is 17.2. The summed E-state index contributed by atoms with van der Waals surface area (Å²) >= 11 is 0. The highest BCUT2D eigenvalue weighted by molar-refractivity contribution is 5.51. The van der Waals surface area contributed by atoms with Crippen molar-refractivity contribution in [3.8, 4) is 11.5 Å². The van der Waals surface area contributed by atoms with Gasteiger partial charge in [-0.2, -0.15) is 13.2 Å². The van der Waals surface area contributed by atoms with Gasteiger partial charge in [0, 0.05) is 11.9 Å². The number of hydrogen-bond acceptors (Lipinski definition) is 5. The maximum atomic E-state index is 13.1. The number of nitrogens with zero attached hydrogens (tertiary/aromatic N) is 3. The molecule has 2 heterocycles. The molecule has 0 aliphatic heterocycles. The minimum Gasteiger partial charge on any atom is -0.413 e. The molecule has 0 radical (unpaired) electrons. The smallest absolute Gasteiger partial charge is 0.413 e. The lowest BCUT2D eigenvalue weighted by molar-refractivity contribution is -0.156. The summed E-state index contributed by atoms with van der Waals surface area (Å²) in [5.41, 5.74) is 1.47. The molecule has 3 rings (SSSR count). The van der Waals surface area contributed by atoms with E-state index >= 15 is 0 Å². The predicted octanol–water partition coefficient (Wildman–Crippen LogP) is 3.90. The molecular formula is C15H10F4N4O. The standard InChI is InChI=1S/C15H10F4N4O/c16-10-2-1-3-11(6-10)21-8-12-5-4-9(7-20-12)13-22-23-14(24-13)15(17,18)19/h1-7,21H,8H2. The number of nitrogens with one attached hydrogen (secondary N) is 1. The molecule has 0 amide bonds. The Bertz CT molecular complexity index is 830. The number of aromatic nitrogens is 3. The van der Waals surface area contributed by atoms with E-state index in [0.717, 1.165) is 0 Å². The van der Waals surface area contributed by atoms with Crippen LogP contribution in [-0.4, -0.2) is 15.2 Å². The van der Waals surface area contributed by atoms with Gasteiger partial charge in [-0.1, -0.05) is 6.07 Å². The Morgan fingerprint density at radius 1 is 1.08 bits per heavy atom. The molecule has 5 nitrogen and oxygen atoms in total. The highest BCUT2D eigenvalue weighted by Crippen LogP contribution is 2.30. The highest BCUT2D eigenvalue weighted by atomic mass is 19.4. The number of hydrogen-bond donors (Lipinski definition) is 1. The van der Waals surface area contributed by atoms with E-state index in [9.17, 15) is 17.6 Å². The third kappa shape index (κ3) is 3.67. The summed E-state index contributed by atoms with van der Waals surface area (Å²) in [7, 11) is 0. The van der Waals surface area contributed by atoms with Gasteiger partial charge in [-0.25, -0.2) is 4.39 Å². The van der Waals surface area contributed by atoms with Crippen molar-refractivity contribution < 1.29 is 22.0 Å². The first-order valence-electron chi connectivity index (χ1n) is 6.77. The lowest BCUT2D eigenvalue weighted by Crippen LogP contribution is -2.04. The summed E-state index contributed by atoms with van der Waals surface area (Å²) in [6, 6.07) is 9.06. The summed E-state index contributed by atoms with van der Waals surface area (Å²) in [6.45, 7) is 0.321. The molecule has 0 saturated heterocycles. The van der Waals surface area contributed by atoms with Crippen molar-refractivity contribution in [2.24, 2.45) is 0 Å². The van der Waals surface area contributed by atoms with Crippen molar-refractivity contribution in [1.29, 1.82) is 0 Å². The van der Waals surface area contributed by atoms with E-state index in [4.69, 9.17) is 0 Å². The summed E-state index contributed by atoms with van der Waals surface area (Å²) < 4.78 is 54.9. The van der Waals surface area contributed by atoms with Crippen LogP contribution in [0.5, 0.6) is 0 Å². The van der Waals surface area contributed by atoms with Crippen LogP contribution in [0.1, 0.15) is 11.6 Å². The number of halogens is 4. The summed E-state index contributed by atoms with van der Waals surface area (Å²) in [4.78, 5) is 4.10. The third-order valence-electron chi connectivity index (χ3n) is 3.04. The summed E-state index contributed by atoms with van der Waals surface area (Å²) in [5, 5.41) is 9.29. The Morgan fingerprint density at radius 3 is 2.54 bits per heavy atom. The Labute approximate surface area is 133 Å². The van der Waals surface area contributed by atoms with E-state index in [0.29, 0.717) is 17.9 Å². The van der Waals surface area contributed by atoms with E-state index in [-0.39, 0.29) is 17.3 Å². The predicted molar refractivity (Wildman–Crippen MR) is 76.3 cm³/mol. The molecular weight excluding hydrogens is 328 g/mol. The number of anilines is 1. The highest BCUT2D eigenvalue weighted by Gasteiger charge is 2.38. The second-order valence-electron chi connectivity index (χ2n) is 4.81. The quantitative estimate of drug-likeness (QED) is 0.731. The van der Waals surface area contributed by atoms with Crippen molar-refractivity contribution in [3.63, 3.8) is 0 Å². The normalized spacial score (nSPS) is 11.5. The number of pyridine rings is 1.